The van der Waals surface area contributed by atoms with Crippen LogP contribution in [0.25, 0.3) is 10.8 Å². The van der Waals surface area contributed by atoms with E-state index < -0.39 is 15.2 Å². The lowest BCUT2D eigenvalue weighted by Gasteiger charge is -2.18. The third-order valence-corrected chi connectivity index (χ3v) is 6.23. The first-order chi connectivity index (χ1) is 10.4. The van der Waals surface area contributed by atoms with Crippen LogP contribution < -0.4 is 10.6 Å². The van der Waals surface area contributed by atoms with Gasteiger partial charge in [0.15, 0.2) is 14.9 Å². The minimum absolute atomic E-state index is 0.0108. The zero-order chi connectivity index (χ0) is 15.7. The van der Waals surface area contributed by atoms with Gasteiger partial charge in [0, 0.05) is 11.1 Å². The molecule has 0 aromatic heterocycles. The van der Waals surface area contributed by atoms with E-state index in [1.54, 1.807) is 0 Å². The van der Waals surface area contributed by atoms with Crippen molar-refractivity contribution in [2.45, 2.75) is 11.4 Å². The van der Waals surface area contributed by atoms with Crippen molar-refractivity contribution in [1.82, 2.24) is 5.32 Å². The number of hydrogen-bond acceptors (Lipinski definition) is 3. The third kappa shape index (κ3) is 3.34. The van der Waals surface area contributed by atoms with Crippen LogP contribution in [-0.2, 0) is 9.84 Å². The van der Waals surface area contributed by atoms with Gasteiger partial charge >= 0.3 is 0 Å². The van der Waals surface area contributed by atoms with Crippen molar-refractivity contribution in [1.29, 1.82) is 0 Å². The molecule has 3 rings (SSSR count). The summed E-state index contributed by atoms with van der Waals surface area (Å²) >= 11 is 11.4. The Balaban J connectivity index is 1.74. The van der Waals surface area contributed by atoms with Gasteiger partial charge in [-0.2, -0.15) is 0 Å². The van der Waals surface area contributed by atoms with Crippen molar-refractivity contribution >= 4 is 55.2 Å². The second-order valence-electron chi connectivity index (χ2n) is 5.32. The maximum absolute atomic E-state index is 11.6. The monoisotopic (exact) mass is 354 g/mol. The Hall–Kier alpha value is -1.37. The molecule has 7 heteroatoms. The normalized spacial score (nSPS) is 23.3. The number of sulfone groups is 1. The third-order valence-electron chi connectivity index (χ3n) is 3.64. The van der Waals surface area contributed by atoms with Crippen LogP contribution in [0.3, 0.4) is 0 Å². The standard InChI is InChI=1S/C15H15ClN2O2S2/c16-12-8-22(19,20)9-14(12)18-15(21)17-13-7-3-5-10-4-1-2-6-11(10)13/h1-7,12,14H,8-9H2,(H2,17,18,21)/t12-,14-/m0/s1. The van der Waals surface area contributed by atoms with Gasteiger partial charge in [0.25, 0.3) is 0 Å². The highest BCUT2D eigenvalue weighted by molar-refractivity contribution is 7.91. The van der Waals surface area contributed by atoms with Crippen molar-refractivity contribution in [2.75, 3.05) is 16.8 Å². The number of halogens is 1. The summed E-state index contributed by atoms with van der Waals surface area (Å²) < 4.78 is 23.2. The van der Waals surface area contributed by atoms with Gasteiger partial charge in [-0.1, -0.05) is 36.4 Å². The van der Waals surface area contributed by atoms with E-state index in [0.29, 0.717) is 5.11 Å². The number of fused-ring (bicyclic) bond motifs is 1. The van der Waals surface area contributed by atoms with Gasteiger partial charge in [0.2, 0.25) is 0 Å². The second kappa shape index (κ2) is 6.02. The molecule has 0 aliphatic carbocycles. The highest BCUT2D eigenvalue weighted by Crippen LogP contribution is 2.23. The molecule has 1 aliphatic rings. The number of thiocarbonyl (C=S) groups is 1. The van der Waals surface area contributed by atoms with E-state index in [4.69, 9.17) is 23.8 Å². The molecule has 0 unspecified atom stereocenters. The topological polar surface area (TPSA) is 58.2 Å². The molecule has 2 N–H and O–H groups in total. The first-order valence-corrected chi connectivity index (χ1v) is 9.51. The molecule has 0 saturated carbocycles. The fourth-order valence-corrected chi connectivity index (χ4v) is 5.41. The van der Waals surface area contributed by atoms with Gasteiger partial charge < -0.3 is 10.6 Å². The average molecular weight is 355 g/mol. The van der Waals surface area contributed by atoms with Gasteiger partial charge in [-0.15, -0.1) is 11.6 Å². The molecule has 1 aliphatic heterocycles. The maximum atomic E-state index is 11.6. The Kier molecular flexibility index (Phi) is 4.25. The molecule has 1 heterocycles. The maximum Gasteiger partial charge on any atom is 0.171 e. The van der Waals surface area contributed by atoms with Crippen LogP contribution in [0.5, 0.6) is 0 Å². The Labute approximate surface area is 139 Å². The Bertz CT molecular complexity index is 818. The van der Waals surface area contributed by atoms with Crippen LogP contribution in [0.4, 0.5) is 5.69 Å². The second-order valence-corrected chi connectivity index (χ2v) is 8.45. The fourth-order valence-electron chi connectivity index (χ4n) is 2.60. The minimum Gasteiger partial charge on any atom is -0.357 e. The zero-order valence-electron chi connectivity index (χ0n) is 11.6. The fraction of sp³-hybridized carbons (Fsp3) is 0.267. The summed E-state index contributed by atoms with van der Waals surface area (Å²) in [5.41, 5.74) is 0.877. The number of benzene rings is 2. The summed E-state index contributed by atoms with van der Waals surface area (Å²) in [7, 11) is -3.08. The molecule has 0 spiro atoms. The van der Waals surface area contributed by atoms with Crippen molar-refractivity contribution in [3.8, 4) is 0 Å². The van der Waals surface area contributed by atoms with Gasteiger partial charge in [0.1, 0.15) is 0 Å². The van der Waals surface area contributed by atoms with Crippen molar-refractivity contribution < 1.29 is 8.42 Å². The van der Waals surface area contributed by atoms with Crippen LogP contribution in [-0.4, -0.2) is 36.5 Å². The minimum atomic E-state index is -3.08. The van der Waals surface area contributed by atoms with E-state index in [0.717, 1.165) is 16.5 Å². The van der Waals surface area contributed by atoms with Crippen LogP contribution in [0, 0.1) is 0 Å². The van der Waals surface area contributed by atoms with Crippen LogP contribution >= 0.6 is 23.8 Å². The summed E-state index contributed by atoms with van der Waals surface area (Å²) in [5.74, 6) is 0.00161. The lowest BCUT2D eigenvalue weighted by atomic mass is 10.1. The first-order valence-electron chi connectivity index (χ1n) is 6.84. The van der Waals surface area contributed by atoms with Gasteiger partial charge in [0.05, 0.1) is 22.9 Å². The first kappa shape index (κ1) is 15.5. The highest BCUT2D eigenvalue weighted by Gasteiger charge is 2.36. The number of hydrogen-bond donors (Lipinski definition) is 2. The largest absolute Gasteiger partial charge is 0.357 e. The summed E-state index contributed by atoms with van der Waals surface area (Å²) in [4.78, 5) is 0. The van der Waals surface area contributed by atoms with Crippen LogP contribution in [0.15, 0.2) is 42.5 Å². The molecule has 1 fully saturated rings. The Morgan fingerprint density at radius 3 is 2.59 bits per heavy atom. The number of anilines is 1. The predicted molar refractivity (Wildman–Crippen MR) is 95.4 cm³/mol. The lowest BCUT2D eigenvalue weighted by Crippen LogP contribution is -2.42. The summed E-state index contributed by atoms with van der Waals surface area (Å²) in [6.45, 7) is 0. The quantitative estimate of drug-likeness (QED) is 0.641. The van der Waals surface area contributed by atoms with Crippen LogP contribution in [0.2, 0.25) is 0 Å². The molecule has 0 bridgehead atoms. The summed E-state index contributed by atoms with van der Waals surface area (Å²) in [5, 5.41) is 8.21. The molecule has 2 aromatic carbocycles. The van der Waals surface area contributed by atoms with Crippen LogP contribution in [0.1, 0.15) is 0 Å². The van der Waals surface area contributed by atoms with E-state index >= 15 is 0 Å². The van der Waals surface area contributed by atoms with Crippen molar-refractivity contribution in [3.63, 3.8) is 0 Å². The molecular formula is C15H15ClN2O2S2. The summed E-state index contributed by atoms with van der Waals surface area (Å²) in [6, 6.07) is 13.5. The van der Waals surface area contributed by atoms with Gasteiger partial charge in [-0.25, -0.2) is 8.42 Å². The molecule has 2 atom stereocenters. The molecule has 0 radical (unpaired) electrons. The molecule has 116 valence electrons. The smallest absolute Gasteiger partial charge is 0.171 e. The van der Waals surface area contributed by atoms with Crippen molar-refractivity contribution in [3.05, 3.63) is 42.5 Å². The molecule has 4 nitrogen and oxygen atoms in total. The number of rotatable bonds is 2. The predicted octanol–water partition coefficient (Wildman–Crippen LogP) is 2.53. The van der Waals surface area contributed by atoms with E-state index in [1.165, 1.54) is 0 Å². The average Bonchev–Trinajstić information content (AvgIpc) is 2.71. The highest BCUT2D eigenvalue weighted by atomic mass is 35.5. The van der Waals surface area contributed by atoms with Gasteiger partial charge in [-0.3, -0.25) is 0 Å². The number of nitrogens with one attached hydrogen (secondary N) is 2. The molecule has 22 heavy (non-hydrogen) atoms. The van der Waals surface area contributed by atoms with Gasteiger partial charge in [-0.05, 0) is 23.7 Å². The molecular weight excluding hydrogens is 340 g/mol. The van der Waals surface area contributed by atoms with E-state index in [-0.39, 0.29) is 17.5 Å². The Morgan fingerprint density at radius 2 is 1.86 bits per heavy atom. The van der Waals surface area contributed by atoms with E-state index in [1.807, 2.05) is 42.5 Å². The Morgan fingerprint density at radius 1 is 1.14 bits per heavy atom. The van der Waals surface area contributed by atoms with E-state index in [2.05, 4.69) is 10.6 Å². The number of alkyl halides is 1. The molecule has 2 aromatic rings. The zero-order valence-corrected chi connectivity index (χ0v) is 14.0. The van der Waals surface area contributed by atoms with Crippen molar-refractivity contribution in [2.24, 2.45) is 0 Å². The van der Waals surface area contributed by atoms with E-state index in [9.17, 15) is 8.42 Å². The molecule has 1 saturated heterocycles. The molecule has 0 amide bonds. The lowest BCUT2D eigenvalue weighted by molar-refractivity contribution is 0.600. The summed E-state index contributed by atoms with van der Waals surface area (Å²) in [6.07, 6.45) is 0. The SMILES string of the molecule is O=S1(=O)C[C@H](NC(=S)Nc2cccc3ccccc23)[C@@H](Cl)C1.